The molecule has 232 valence electrons. The molecule has 0 aliphatic carbocycles. The molecule has 0 radical (unpaired) electrons. The molecule has 0 saturated heterocycles. The predicted molar refractivity (Wildman–Crippen MR) is 205 cm³/mol. The minimum Gasteiger partial charge on any atom is -0.310 e. The van der Waals surface area contributed by atoms with Gasteiger partial charge in [0.2, 0.25) is 0 Å². The molecule has 1 heterocycles. The van der Waals surface area contributed by atoms with Gasteiger partial charge in [0, 0.05) is 33.4 Å². The number of fused-ring (bicyclic) bond motifs is 3. The number of anilines is 3. The Hall–Kier alpha value is -5.86. The summed E-state index contributed by atoms with van der Waals surface area (Å²) in [4.78, 5) is 2.38. The van der Waals surface area contributed by atoms with Gasteiger partial charge in [0.15, 0.2) is 0 Å². The highest BCUT2D eigenvalue weighted by atomic mass is 15.1. The summed E-state index contributed by atoms with van der Waals surface area (Å²) < 4.78 is 2.40. The number of hydrogen-bond acceptors (Lipinski definition) is 1. The Balaban J connectivity index is 1.31. The van der Waals surface area contributed by atoms with Crippen molar-refractivity contribution in [3.05, 3.63) is 181 Å². The fourth-order valence-corrected chi connectivity index (χ4v) is 6.88. The van der Waals surface area contributed by atoms with Crippen LogP contribution in [0.4, 0.5) is 17.1 Å². The summed E-state index contributed by atoms with van der Waals surface area (Å²) in [6.45, 7) is 6.86. The second-order valence-corrected chi connectivity index (χ2v) is 13.5. The molecule has 8 aromatic rings. The smallest absolute Gasteiger partial charge is 0.0541 e. The molecule has 0 spiro atoms. The van der Waals surface area contributed by atoms with Crippen molar-refractivity contribution in [3.8, 4) is 27.9 Å². The van der Waals surface area contributed by atoms with Gasteiger partial charge in [0.05, 0.1) is 16.7 Å². The van der Waals surface area contributed by atoms with Crippen molar-refractivity contribution in [3.63, 3.8) is 0 Å². The highest BCUT2D eigenvalue weighted by Gasteiger charge is 2.20. The van der Waals surface area contributed by atoms with Gasteiger partial charge in [-0.25, -0.2) is 0 Å². The Kier molecular flexibility index (Phi) is 7.42. The Bertz CT molecular complexity index is 2360. The summed E-state index contributed by atoms with van der Waals surface area (Å²) in [6.07, 6.45) is 0. The Morgan fingerprint density at radius 1 is 0.438 bits per heavy atom. The fourth-order valence-electron chi connectivity index (χ4n) is 6.88. The van der Waals surface area contributed by atoms with Crippen molar-refractivity contribution in [1.29, 1.82) is 0 Å². The quantitative estimate of drug-likeness (QED) is 0.180. The molecule has 0 unspecified atom stereocenters. The van der Waals surface area contributed by atoms with Crippen LogP contribution in [-0.4, -0.2) is 4.57 Å². The van der Waals surface area contributed by atoms with Gasteiger partial charge < -0.3 is 9.47 Å². The number of nitrogens with zero attached hydrogens (tertiary/aromatic N) is 2. The zero-order chi connectivity index (χ0) is 32.7. The van der Waals surface area contributed by atoms with Gasteiger partial charge in [-0.05, 0) is 94.4 Å². The van der Waals surface area contributed by atoms with Crippen molar-refractivity contribution in [2.75, 3.05) is 4.90 Å². The number of rotatable bonds is 6. The van der Waals surface area contributed by atoms with E-state index in [1.54, 1.807) is 0 Å². The van der Waals surface area contributed by atoms with Crippen LogP contribution in [0.1, 0.15) is 26.3 Å². The zero-order valence-electron chi connectivity index (χ0n) is 27.6. The largest absolute Gasteiger partial charge is 0.310 e. The predicted octanol–water partition coefficient (Wildman–Crippen LogP) is 12.9. The molecule has 0 aliphatic heterocycles. The van der Waals surface area contributed by atoms with Gasteiger partial charge >= 0.3 is 0 Å². The number of benzene rings is 7. The minimum absolute atomic E-state index is 0.0538. The van der Waals surface area contributed by atoms with Gasteiger partial charge in [-0.3, -0.25) is 0 Å². The van der Waals surface area contributed by atoms with Gasteiger partial charge in [0.1, 0.15) is 0 Å². The molecule has 2 heteroatoms. The van der Waals surface area contributed by atoms with E-state index in [4.69, 9.17) is 0 Å². The lowest BCUT2D eigenvalue weighted by atomic mass is 9.86. The Morgan fingerprint density at radius 2 is 1.00 bits per heavy atom. The average molecular weight is 619 g/mol. The van der Waals surface area contributed by atoms with Gasteiger partial charge in [-0.2, -0.15) is 0 Å². The van der Waals surface area contributed by atoms with Crippen LogP contribution in [0.5, 0.6) is 0 Å². The van der Waals surface area contributed by atoms with Crippen molar-refractivity contribution < 1.29 is 0 Å². The van der Waals surface area contributed by atoms with E-state index >= 15 is 0 Å². The van der Waals surface area contributed by atoms with E-state index in [2.05, 4.69) is 206 Å². The lowest BCUT2D eigenvalue weighted by molar-refractivity contribution is 0.591. The van der Waals surface area contributed by atoms with E-state index in [1.807, 2.05) is 0 Å². The normalized spacial score (nSPS) is 11.6. The van der Waals surface area contributed by atoms with Crippen LogP contribution in [0.3, 0.4) is 0 Å². The molecule has 2 nitrogen and oxygen atoms in total. The maximum atomic E-state index is 2.40. The van der Waals surface area contributed by atoms with Crippen LogP contribution < -0.4 is 4.90 Å². The highest BCUT2D eigenvalue weighted by Crippen LogP contribution is 2.42. The Labute approximate surface area is 283 Å². The lowest BCUT2D eigenvalue weighted by Crippen LogP contribution is -2.11. The molecule has 0 saturated carbocycles. The first kappa shape index (κ1) is 29.5. The summed E-state index contributed by atoms with van der Waals surface area (Å²) in [5, 5.41) is 2.54. The maximum Gasteiger partial charge on any atom is 0.0541 e. The van der Waals surface area contributed by atoms with E-state index in [0.29, 0.717) is 0 Å². The molecule has 0 bridgehead atoms. The number of hydrogen-bond donors (Lipinski definition) is 0. The fraction of sp³-hybridized carbons (Fsp3) is 0.0870. The van der Waals surface area contributed by atoms with E-state index in [0.717, 1.165) is 17.1 Å². The first-order chi connectivity index (χ1) is 23.5. The first-order valence-corrected chi connectivity index (χ1v) is 16.7. The summed E-state index contributed by atoms with van der Waals surface area (Å²) >= 11 is 0. The standard InChI is InChI=1S/C46H38N2/c1-46(2,3)36-27-29-45-42(32-36)41-31-35(26-28-44(41)48(45)38-21-11-6-12-22-38)34-18-15-23-39(30-34)47(37-19-9-5-10-20-37)43-25-14-13-24-40(43)33-16-7-4-8-17-33/h4-32H,1-3H3. The SMILES string of the molecule is CC(C)(C)c1ccc2c(c1)c1cc(-c3cccc(N(c4ccccc4)c4ccccc4-c4ccccc4)c3)ccc1n2-c1ccccc1. The molecule has 0 N–H and O–H groups in total. The summed E-state index contributed by atoms with van der Waals surface area (Å²) in [5.41, 5.74) is 13.1. The maximum absolute atomic E-state index is 2.40. The molecule has 48 heavy (non-hydrogen) atoms. The van der Waals surface area contributed by atoms with Crippen molar-refractivity contribution in [2.45, 2.75) is 26.2 Å². The third kappa shape index (κ3) is 5.36. The summed E-state index contributed by atoms with van der Waals surface area (Å²) in [5.74, 6) is 0. The molecule has 7 aromatic carbocycles. The molecule has 0 aliphatic rings. The second kappa shape index (κ2) is 12.1. The molecule has 0 atom stereocenters. The third-order valence-electron chi connectivity index (χ3n) is 9.33. The molecule has 0 fully saturated rings. The summed E-state index contributed by atoms with van der Waals surface area (Å²) in [6, 6.07) is 63.6. The van der Waals surface area contributed by atoms with E-state index in [9.17, 15) is 0 Å². The van der Waals surface area contributed by atoms with E-state index in [1.165, 1.54) is 55.3 Å². The molecule has 0 amide bonds. The first-order valence-electron chi connectivity index (χ1n) is 16.7. The number of para-hydroxylation sites is 3. The van der Waals surface area contributed by atoms with Crippen LogP contribution in [0.15, 0.2) is 176 Å². The van der Waals surface area contributed by atoms with Crippen molar-refractivity contribution >= 4 is 38.9 Å². The zero-order valence-corrected chi connectivity index (χ0v) is 27.6. The highest BCUT2D eigenvalue weighted by molar-refractivity contribution is 6.11. The van der Waals surface area contributed by atoms with Crippen molar-refractivity contribution in [1.82, 2.24) is 4.57 Å². The monoisotopic (exact) mass is 618 g/mol. The van der Waals surface area contributed by atoms with Crippen molar-refractivity contribution in [2.24, 2.45) is 0 Å². The van der Waals surface area contributed by atoms with Crippen LogP contribution in [0.2, 0.25) is 0 Å². The summed E-state index contributed by atoms with van der Waals surface area (Å²) in [7, 11) is 0. The van der Waals surface area contributed by atoms with E-state index < -0.39 is 0 Å². The van der Waals surface area contributed by atoms with Crippen LogP contribution in [0.25, 0.3) is 49.7 Å². The molecular formula is C46H38N2. The third-order valence-corrected chi connectivity index (χ3v) is 9.33. The van der Waals surface area contributed by atoms with Gasteiger partial charge in [-0.15, -0.1) is 0 Å². The lowest BCUT2D eigenvalue weighted by Gasteiger charge is -2.28. The topological polar surface area (TPSA) is 8.17 Å². The van der Waals surface area contributed by atoms with Crippen LogP contribution in [0, 0.1) is 0 Å². The van der Waals surface area contributed by atoms with Gasteiger partial charge in [-0.1, -0.05) is 130 Å². The minimum atomic E-state index is 0.0538. The van der Waals surface area contributed by atoms with Crippen LogP contribution >= 0.6 is 0 Å². The second-order valence-electron chi connectivity index (χ2n) is 13.5. The molecular weight excluding hydrogens is 581 g/mol. The average Bonchev–Trinajstić information content (AvgIpc) is 3.46. The number of aromatic nitrogens is 1. The van der Waals surface area contributed by atoms with Gasteiger partial charge in [0.25, 0.3) is 0 Å². The van der Waals surface area contributed by atoms with Crippen LogP contribution in [-0.2, 0) is 5.41 Å². The Morgan fingerprint density at radius 3 is 1.73 bits per heavy atom. The molecule has 8 rings (SSSR count). The molecule has 1 aromatic heterocycles. The van der Waals surface area contributed by atoms with E-state index in [-0.39, 0.29) is 5.41 Å².